The molecule has 0 N–H and O–H groups in total. The molecule has 0 spiro atoms. The van der Waals surface area contributed by atoms with E-state index in [0.29, 0.717) is 32.8 Å². The topological polar surface area (TPSA) is 48.0 Å². The number of hydrogen-bond donors (Lipinski definition) is 0. The smallest absolute Gasteiger partial charge is 0.225 e. The minimum atomic E-state index is -0.154. The van der Waals surface area contributed by atoms with E-state index in [4.69, 9.17) is 14.2 Å². The molecule has 0 bridgehead atoms. The summed E-state index contributed by atoms with van der Waals surface area (Å²) >= 11 is 0. The first-order valence-electron chi connectivity index (χ1n) is 10.3. The third-order valence-corrected chi connectivity index (χ3v) is 4.75. The van der Waals surface area contributed by atoms with Gasteiger partial charge in [0.05, 0.1) is 25.2 Å². The number of rotatable bonds is 14. The van der Waals surface area contributed by atoms with Crippen molar-refractivity contribution in [3.05, 3.63) is 0 Å². The van der Waals surface area contributed by atoms with Gasteiger partial charge in [0.25, 0.3) is 0 Å². The molecule has 5 heteroatoms. The third kappa shape index (κ3) is 7.63. The zero-order valence-corrected chi connectivity index (χ0v) is 16.8. The maximum Gasteiger partial charge on any atom is 0.225 e. The molecule has 1 fully saturated rings. The van der Waals surface area contributed by atoms with Gasteiger partial charge in [0.2, 0.25) is 5.91 Å². The van der Waals surface area contributed by atoms with Crippen molar-refractivity contribution in [3.8, 4) is 0 Å². The lowest BCUT2D eigenvalue weighted by Crippen LogP contribution is -2.60. The van der Waals surface area contributed by atoms with Crippen molar-refractivity contribution in [2.24, 2.45) is 0 Å². The van der Waals surface area contributed by atoms with Crippen LogP contribution in [-0.2, 0) is 19.0 Å². The van der Waals surface area contributed by atoms with E-state index in [2.05, 4.69) is 20.8 Å². The SMILES string of the molecule is CCCCOCC1C(OCCCC)[C@H](OCCCC)CC(=O)N1CC. The molecular formula is C20H39NO4. The average molecular weight is 358 g/mol. The van der Waals surface area contributed by atoms with E-state index in [0.717, 1.165) is 45.1 Å². The first kappa shape index (κ1) is 22.4. The summed E-state index contributed by atoms with van der Waals surface area (Å²) in [4.78, 5) is 14.5. The molecule has 0 aromatic rings. The van der Waals surface area contributed by atoms with Crippen LogP contribution < -0.4 is 0 Å². The van der Waals surface area contributed by atoms with Crippen molar-refractivity contribution in [2.45, 2.75) is 90.9 Å². The summed E-state index contributed by atoms with van der Waals surface area (Å²) in [5, 5.41) is 0. The van der Waals surface area contributed by atoms with E-state index in [1.54, 1.807) is 0 Å². The molecule has 2 unspecified atom stereocenters. The Morgan fingerprint density at radius 2 is 1.52 bits per heavy atom. The molecule has 0 aromatic heterocycles. The van der Waals surface area contributed by atoms with Gasteiger partial charge in [0.15, 0.2) is 0 Å². The number of nitrogens with zero attached hydrogens (tertiary/aromatic N) is 1. The molecule has 0 aromatic carbocycles. The largest absolute Gasteiger partial charge is 0.379 e. The second kappa shape index (κ2) is 13.5. The summed E-state index contributed by atoms with van der Waals surface area (Å²) in [6, 6.07) is -0.0495. The molecule has 3 atom stereocenters. The van der Waals surface area contributed by atoms with Crippen molar-refractivity contribution in [3.63, 3.8) is 0 Å². The Balaban J connectivity index is 2.78. The number of likely N-dealkylation sites (tertiary alicyclic amines) is 1. The molecule has 1 aliphatic heterocycles. The highest BCUT2D eigenvalue weighted by atomic mass is 16.5. The summed E-state index contributed by atoms with van der Waals surface area (Å²) in [6.45, 7) is 11.9. The van der Waals surface area contributed by atoms with Gasteiger partial charge in [-0.1, -0.05) is 40.0 Å². The number of piperidine rings is 1. The van der Waals surface area contributed by atoms with Gasteiger partial charge in [0, 0.05) is 26.4 Å². The highest BCUT2D eigenvalue weighted by molar-refractivity contribution is 5.78. The Morgan fingerprint density at radius 3 is 2.12 bits per heavy atom. The molecule has 0 aliphatic carbocycles. The molecule has 5 nitrogen and oxygen atoms in total. The Morgan fingerprint density at radius 1 is 0.920 bits per heavy atom. The van der Waals surface area contributed by atoms with Crippen molar-refractivity contribution in [2.75, 3.05) is 33.0 Å². The van der Waals surface area contributed by atoms with Crippen molar-refractivity contribution >= 4 is 5.91 Å². The van der Waals surface area contributed by atoms with Crippen LogP contribution in [0.4, 0.5) is 0 Å². The van der Waals surface area contributed by atoms with E-state index in [1.807, 2.05) is 11.8 Å². The van der Waals surface area contributed by atoms with Gasteiger partial charge in [-0.15, -0.1) is 0 Å². The summed E-state index contributed by atoms with van der Waals surface area (Å²) in [7, 11) is 0. The minimum absolute atomic E-state index is 0.0495. The first-order valence-corrected chi connectivity index (χ1v) is 10.3. The number of amides is 1. The maximum absolute atomic E-state index is 12.6. The summed E-state index contributed by atoms with van der Waals surface area (Å²) in [6.07, 6.45) is 6.56. The maximum atomic E-state index is 12.6. The first-order chi connectivity index (χ1) is 12.2. The van der Waals surface area contributed by atoms with Crippen LogP contribution in [0.1, 0.15) is 72.6 Å². The van der Waals surface area contributed by atoms with Gasteiger partial charge >= 0.3 is 0 Å². The summed E-state index contributed by atoms with van der Waals surface area (Å²) < 4.78 is 18.2. The number of carbonyl (C=O) groups is 1. The normalized spacial score (nSPS) is 24.1. The molecular weight excluding hydrogens is 318 g/mol. The second-order valence-corrected chi connectivity index (χ2v) is 6.83. The number of unbranched alkanes of at least 4 members (excludes halogenated alkanes) is 3. The van der Waals surface area contributed by atoms with Gasteiger partial charge in [-0.25, -0.2) is 0 Å². The number of carbonyl (C=O) groups excluding carboxylic acids is 1. The second-order valence-electron chi connectivity index (χ2n) is 6.83. The fourth-order valence-electron chi connectivity index (χ4n) is 3.18. The van der Waals surface area contributed by atoms with Crippen LogP contribution in [0.15, 0.2) is 0 Å². The van der Waals surface area contributed by atoms with Crippen molar-refractivity contribution in [1.29, 1.82) is 0 Å². The van der Waals surface area contributed by atoms with Crippen LogP contribution in [0.3, 0.4) is 0 Å². The minimum Gasteiger partial charge on any atom is -0.379 e. The molecule has 1 heterocycles. The lowest BCUT2D eigenvalue weighted by atomic mass is 9.95. The van der Waals surface area contributed by atoms with Gasteiger partial charge in [-0.05, 0) is 26.2 Å². The molecule has 0 saturated carbocycles. The molecule has 0 radical (unpaired) electrons. The van der Waals surface area contributed by atoms with E-state index in [-0.39, 0.29) is 24.2 Å². The number of likely N-dealkylation sites (N-methyl/N-ethyl adjacent to an activating group) is 1. The zero-order chi connectivity index (χ0) is 18.5. The van der Waals surface area contributed by atoms with E-state index in [9.17, 15) is 4.79 Å². The van der Waals surface area contributed by atoms with Crippen LogP contribution >= 0.6 is 0 Å². The molecule has 1 amide bonds. The van der Waals surface area contributed by atoms with Crippen molar-refractivity contribution in [1.82, 2.24) is 4.90 Å². The van der Waals surface area contributed by atoms with E-state index in [1.165, 1.54) is 0 Å². The highest BCUT2D eigenvalue weighted by Gasteiger charge is 2.43. The Bertz CT molecular complexity index is 351. The van der Waals surface area contributed by atoms with Gasteiger partial charge < -0.3 is 19.1 Å². The average Bonchev–Trinajstić information content (AvgIpc) is 2.61. The Kier molecular flexibility index (Phi) is 12.1. The molecule has 1 rings (SSSR count). The third-order valence-electron chi connectivity index (χ3n) is 4.75. The molecule has 148 valence electrons. The Labute approximate surface area is 154 Å². The lowest BCUT2D eigenvalue weighted by Gasteiger charge is -2.44. The van der Waals surface area contributed by atoms with E-state index >= 15 is 0 Å². The number of hydrogen-bond acceptors (Lipinski definition) is 4. The van der Waals surface area contributed by atoms with Crippen LogP contribution in [0.5, 0.6) is 0 Å². The number of ether oxygens (including phenoxy) is 3. The fourth-order valence-corrected chi connectivity index (χ4v) is 3.18. The van der Waals surface area contributed by atoms with Gasteiger partial charge in [-0.3, -0.25) is 4.79 Å². The van der Waals surface area contributed by atoms with Crippen LogP contribution in [0.25, 0.3) is 0 Å². The molecule has 1 saturated heterocycles. The fraction of sp³-hybridized carbons (Fsp3) is 0.950. The van der Waals surface area contributed by atoms with Gasteiger partial charge in [0.1, 0.15) is 6.10 Å². The predicted octanol–water partition coefficient (Wildman–Crippen LogP) is 3.79. The van der Waals surface area contributed by atoms with Crippen molar-refractivity contribution < 1.29 is 19.0 Å². The zero-order valence-electron chi connectivity index (χ0n) is 16.8. The predicted molar refractivity (Wildman–Crippen MR) is 101 cm³/mol. The van der Waals surface area contributed by atoms with Gasteiger partial charge in [-0.2, -0.15) is 0 Å². The molecule has 1 aliphatic rings. The quantitative estimate of drug-likeness (QED) is 0.444. The van der Waals surface area contributed by atoms with Crippen LogP contribution in [-0.4, -0.2) is 62.0 Å². The Hall–Kier alpha value is -0.650. The van der Waals surface area contributed by atoms with E-state index < -0.39 is 0 Å². The monoisotopic (exact) mass is 357 g/mol. The van der Waals surface area contributed by atoms with Crippen LogP contribution in [0.2, 0.25) is 0 Å². The summed E-state index contributed by atoms with van der Waals surface area (Å²) in [5.74, 6) is 0.156. The highest BCUT2D eigenvalue weighted by Crippen LogP contribution is 2.25. The summed E-state index contributed by atoms with van der Waals surface area (Å²) in [5.41, 5.74) is 0. The lowest BCUT2D eigenvalue weighted by molar-refractivity contribution is -0.172. The standard InChI is InChI=1S/C20H39NO4/c1-5-9-12-23-16-17-20(25-14-11-7-3)18(24-13-10-6-2)15-19(22)21(17)8-4/h17-18,20H,5-16H2,1-4H3/t17?,18-,20?/m1/s1. The molecule has 25 heavy (non-hydrogen) atoms. The van der Waals surface area contributed by atoms with Crippen LogP contribution in [0, 0.1) is 0 Å².